The fourth-order valence-electron chi connectivity index (χ4n) is 3.71. The lowest BCUT2D eigenvalue weighted by atomic mass is 9.98. The Balaban J connectivity index is 1.61. The number of hydrogen-bond donors (Lipinski definition) is 1. The number of nitrogens with one attached hydrogen (secondary N) is 1. The van der Waals surface area contributed by atoms with E-state index in [1.807, 2.05) is 19.2 Å². The third-order valence-corrected chi connectivity index (χ3v) is 5.07. The Morgan fingerprint density at radius 2 is 1.91 bits per heavy atom. The minimum absolute atomic E-state index is 0.122. The first-order valence-corrected chi connectivity index (χ1v) is 8.81. The molecule has 0 radical (unpaired) electrons. The number of benzene rings is 1. The van der Waals surface area contributed by atoms with Gasteiger partial charge in [-0.15, -0.1) is 0 Å². The fourth-order valence-corrected chi connectivity index (χ4v) is 3.71. The second kappa shape index (κ2) is 7.16. The van der Waals surface area contributed by atoms with E-state index < -0.39 is 0 Å². The van der Waals surface area contributed by atoms with Crippen LogP contribution in [0.3, 0.4) is 0 Å². The molecule has 0 spiro atoms. The van der Waals surface area contributed by atoms with E-state index >= 15 is 0 Å². The normalized spacial score (nSPS) is 19.2. The van der Waals surface area contributed by atoms with Gasteiger partial charge in [0.25, 0.3) is 0 Å². The van der Waals surface area contributed by atoms with Gasteiger partial charge >= 0.3 is 0 Å². The molecular formula is C19H26N2O2. The topological polar surface area (TPSA) is 49.4 Å². The molecule has 2 amide bonds. The molecule has 4 heteroatoms. The van der Waals surface area contributed by atoms with Crippen molar-refractivity contribution < 1.29 is 9.59 Å². The molecule has 0 atom stereocenters. The lowest BCUT2D eigenvalue weighted by Crippen LogP contribution is -2.35. The standard InChI is InChI=1S/C19H26N2O2/c1-21-17-10-8-14(12-15(17)9-11-19(21)23)13-18(22)20-16-6-4-2-3-5-7-16/h8,10,12,16H,2-7,9,11,13H2,1H3,(H,20,22). The van der Waals surface area contributed by atoms with E-state index in [1.54, 1.807) is 4.90 Å². The van der Waals surface area contributed by atoms with Gasteiger partial charge in [0.2, 0.25) is 11.8 Å². The van der Waals surface area contributed by atoms with E-state index in [0.29, 0.717) is 18.9 Å². The van der Waals surface area contributed by atoms with Gasteiger partial charge < -0.3 is 10.2 Å². The summed E-state index contributed by atoms with van der Waals surface area (Å²) in [5, 5.41) is 3.20. The van der Waals surface area contributed by atoms with Crippen molar-refractivity contribution in [2.45, 2.75) is 63.8 Å². The van der Waals surface area contributed by atoms with Crippen LogP contribution in [0.25, 0.3) is 0 Å². The van der Waals surface area contributed by atoms with Crippen LogP contribution in [0.1, 0.15) is 56.1 Å². The third kappa shape index (κ3) is 3.92. The number of amides is 2. The molecule has 1 aliphatic carbocycles. The zero-order chi connectivity index (χ0) is 16.2. The van der Waals surface area contributed by atoms with Crippen LogP contribution in [-0.2, 0) is 22.4 Å². The molecule has 1 saturated carbocycles. The highest BCUT2D eigenvalue weighted by Crippen LogP contribution is 2.27. The number of fused-ring (bicyclic) bond motifs is 1. The average molecular weight is 314 g/mol. The molecule has 1 heterocycles. The van der Waals surface area contributed by atoms with Gasteiger partial charge in [-0.3, -0.25) is 9.59 Å². The smallest absolute Gasteiger partial charge is 0.227 e. The van der Waals surface area contributed by atoms with Crippen LogP contribution in [-0.4, -0.2) is 24.9 Å². The summed E-state index contributed by atoms with van der Waals surface area (Å²) < 4.78 is 0. The predicted octanol–water partition coefficient (Wildman–Crippen LogP) is 2.98. The first-order valence-electron chi connectivity index (χ1n) is 8.81. The second-order valence-electron chi connectivity index (χ2n) is 6.85. The summed E-state index contributed by atoms with van der Waals surface area (Å²) in [5.41, 5.74) is 3.19. The number of rotatable bonds is 3. The highest BCUT2D eigenvalue weighted by atomic mass is 16.2. The van der Waals surface area contributed by atoms with E-state index in [1.165, 1.54) is 31.2 Å². The Hall–Kier alpha value is -1.84. The molecule has 1 fully saturated rings. The number of carbonyl (C=O) groups is 2. The zero-order valence-electron chi connectivity index (χ0n) is 13.9. The zero-order valence-corrected chi connectivity index (χ0v) is 13.9. The minimum Gasteiger partial charge on any atom is -0.353 e. The van der Waals surface area contributed by atoms with Crippen LogP contribution in [0.5, 0.6) is 0 Å². The quantitative estimate of drug-likeness (QED) is 0.872. The van der Waals surface area contributed by atoms with Crippen molar-refractivity contribution in [2.24, 2.45) is 0 Å². The first kappa shape index (κ1) is 16.0. The fraction of sp³-hybridized carbons (Fsp3) is 0.579. The van der Waals surface area contributed by atoms with Crippen molar-refractivity contribution in [2.75, 3.05) is 11.9 Å². The van der Waals surface area contributed by atoms with Crippen LogP contribution in [0, 0.1) is 0 Å². The van der Waals surface area contributed by atoms with Gasteiger partial charge in [-0.2, -0.15) is 0 Å². The second-order valence-corrected chi connectivity index (χ2v) is 6.85. The predicted molar refractivity (Wildman–Crippen MR) is 91.5 cm³/mol. The number of anilines is 1. The molecular weight excluding hydrogens is 288 g/mol. The van der Waals surface area contributed by atoms with E-state index in [-0.39, 0.29) is 11.8 Å². The summed E-state index contributed by atoms with van der Waals surface area (Å²) in [6.07, 6.45) is 9.03. The summed E-state index contributed by atoms with van der Waals surface area (Å²) in [4.78, 5) is 25.7. The number of hydrogen-bond acceptors (Lipinski definition) is 2. The first-order chi connectivity index (χ1) is 11.1. The van der Waals surface area contributed by atoms with Gasteiger partial charge in [0.15, 0.2) is 0 Å². The monoisotopic (exact) mass is 314 g/mol. The van der Waals surface area contributed by atoms with Crippen molar-refractivity contribution >= 4 is 17.5 Å². The Morgan fingerprint density at radius 1 is 1.17 bits per heavy atom. The lowest BCUT2D eigenvalue weighted by molar-refractivity contribution is -0.121. The van der Waals surface area contributed by atoms with Gasteiger partial charge in [-0.05, 0) is 36.5 Å². The summed E-state index contributed by atoms with van der Waals surface area (Å²) >= 11 is 0. The van der Waals surface area contributed by atoms with Gasteiger partial charge in [-0.1, -0.05) is 37.8 Å². The highest BCUT2D eigenvalue weighted by molar-refractivity contribution is 5.96. The Bertz CT molecular complexity index is 589. The molecule has 23 heavy (non-hydrogen) atoms. The Labute approximate surface area is 138 Å². The molecule has 1 aromatic rings. The summed E-state index contributed by atoms with van der Waals surface area (Å²) in [7, 11) is 1.82. The maximum absolute atomic E-state index is 12.3. The molecule has 1 aromatic carbocycles. The number of carbonyl (C=O) groups excluding carboxylic acids is 2. The van der Waals surface area contributed by atoms with Crippen molar-refractivity contribution in [1.82, 2.24) is 5.32 Å². The Morgan fingerprint density at radius 3 is 2.65 bits per heavy atom. The summed E-state index contributed by atoms with van der Waals surface area (Å²) in [6, 6.07) is 6.39. The maximum Gasteiger partial charge on any atom is 0.227 e. The van der Waals surface area contributed by atoms with Crippen molar-refractivity contribution in [3.63, 3.8) is 0 Å². The van der Waals surface area contributed by atoms with E-state index in [9.17, 15) is 9.59 Å². The van der Waals surface area contributed by atoms with Gasteiger partial charge in [0.05, 0.1) is 6.42 Å². The van der Waals surface area contributed by atoms with Crippen molar-refractivity contribution in [3.05, 3.63) is 29.3 Å². The van der Waals surface area contributed by atoms with Crippen LogP contribution < -0.4 is 10.2 Å². The van der Waals surface area contributed by atoms with E-state index in [4.69, 9.17) is 0 Å². The maximum atomic E-state index is 12.3. The summed E-state index contributed by atoms with van der Waals surface area (Å²) in [6.45, 7) is 0. The van der Waals surface area contributed by atoms with Crippen LogP contribution in [0.15, 0.2) is 18.2 Å². The average Bonchev–Trinajstić information content (AvgIpc) is 2.79. The largest absolute Gasteiger partial charge is 0.353 e. The summed E-state index contributed by atoms with van der Waals surface area (Å²) in [5.74, 6) is 0.286. The molecule has 4 nitrogen and oxygen atoms in total. The third-order valence-electron chi connectivity index (χ3n) is 5.07. The van der Waals surface area contributed by atoms with Crippen LogP contribution in [0.4, 0.5) is 5.69 Å². The molecule has 0 unspecified atom stereocenters. The number of aryl methyl sites for hydroxylation is 1. The van der Waals surface area contributed by atoms with E-state index in [2.05, 4.69) is 11.4 Å². The van der Waals surface area contributed by atoms with Crippen molar-refractivity contribution in [3.8, 4) is 0 Å². The molecule has 1 aliphatic heterocycles. The molecule has 0 aromatic heterocycles. The molecule has 1 N–H and O–H groups in total. The SMILES string of the molecule is CN1C(=O)CCc2cc(CC(=O)NC3CCCCCC3)ccc21. The van der Waals surface area contributed by atoms with Crippen LogP contribution >= 0.6 is 0 Å². The molecule has 2 aliphatic rings. The highest BCUT2D eigenvalue weighted by Gasteiger charge is 2.21. The molecule has 3 rings (SSSR count). The minimum atomic E-state index is 0.122. The van der Waals surface area contributed by atoms with Crippen molar-refractivity contribution in [1.29, 1.82) is 0 Å². The van der Waals surface area contributed by atoms with Crippen LogP contribution in [0.2, 0.25) is 0 Å². The molecule has 0 saturated heterocycles. The molecule has 124 valence electrons. The van der Waals surface area contributed by atoms with E-state index in [0.717, 1.165) is 30.5 Å². The molecule has 0 bridgehead atoms. The van der Waals surface area contributed by atoms with Gasteiger partial charge in [-0.25, -0.2) is 0 Å². The lowest BCUT2D eigenvalue weighted by Gasteiger charge is -2.26. The Kier molecular flexibility index (Phi) is 4.99. The number of nitrogens with zero attached hydrogens (tertiary/aromatic N) is 1. The van der Waals surface area contributed by atoms with Gasteiger partial charge in [0.1, 0.15) is 0 Å². The van der Waals surface area contributed by atoms with Gasteiger partial charge in [0, 0.05) is 25.2 Å².